The van der Waals surface area contributed by atoms with E-state index >= 15 is 0 Å². The highest BCUT2D eigenvalue weighted by Gasteiger charge is 2.32. The number of rotatable bonds is 4. The van der Waals surface area contributed by atoms with Gasteiger partial charge in [0.1, 0.15) is 11.9 Å². The summed E-state index contributed by atoms with van der Waals surface area (Å²) < 4.78 is 14.6. The lowest BCUT2D eigenvalue weighted by molar-refractivity contribution is -0.128. The zero-order chi connectivity index (χ0) is 18.0. The Bertz CT molecular complexity index is 862. The molecule has 0 radical (unpaired) electrons. The van der Waals surface area contributed by atoms with Crippen LogP contribution in [0.3, 0.4) is 0 Å². The minimum absolute atomic E-state index is 0.174. The van der Waals surface area contributed by atoms with Gasteiger partial charge in [0.25, 0.3) is 0 Å². The van der Waals surface area contributed by atoms with Crippen molar-refractivity contribution in [2.45, 2.75) is 32.2 Å². The van der Waals surface area contributed by atoms with E-state index in [0.29, 0.717) is 23.3 Å². The predicted molar refractivity (Wildman–Crippen MR) is 97.9 cm³/mol. The van der Waals surface area contributed by atoms with Crippen molar-refractivity contribution in [1.29, 1.82) is 0 Å². The molecule has 1 aliphatic heterocycles. The number of carbonyl (C=O) groups is 2. The number of aromatic nitrogens is 1. The highest BCUT2D eigenvalue weighted by Crippen LogP contribution is 2.24. The number of thiazole rings is 1. The summed E-state index contributed by atoms with van der Waals surface area (Å²) in [4.78, 5) is 30.2. The van der Waals surface area contributed by atoms with Crippen LogP contribution in [0.2, 0.25) is 0 Å². The van der Waals surface area contributed by atoms with Gasteiger partial charge < -0.3 is 15.2 Å². The van der Waals surface area contributed by atoms with Gasteiger partial charge >= 0.3 is 0 Å². The lowest BCUT2D eigenvalue weighted by Crippen LogP contribution is -2.53. The lowest BCUT2D eigenvalue weighted by Gasteiger charge is -2.32. The van der Waals surface area contributed by atoms with Gasteiger partial charge in [-0.15, -0.1) is 11.3 Å². The molecule has 1 unspecified atom stereocenters. The summed E-state index contributed by atoms with van der Waals surface area (Å²) in [7, 11) is 0. The number of amides is 2. The maximum absolute atomic E-state index is 14.0. The fourth-order valence-electron chi connectivity index (χ4n) is 2.92. The second kappa shape index (κ2) is 7.45. The highest BCUT2D eigenvalue weighted by atomic mass is 32.1. The standard InChI is InChI=1S/C17H18FN3O2S2/c1-10-14(25-17(24)19-10)9-15(22)20-12-6-4-8-21(16(12)23)13-7-3-2-5-11(13)18/h2-3,5,7,12H,4,6,8-9H2,1H3,(H,19,24)(H,20,22). The Balaban J connectivity index is 1.69. The summed E-state index contributed by atoms with van der Waals surface area (Å²) in [6.45, 7) is 2.31. The maximum Gasteiger partial charge on any atom is 0.249 e. The van der Waals surface area contributed by atoms with Gasteiger partial charge in [-0.1, -0.05) is 12.1 Å². The molecule has 1 aliphatic rings. The molecule has 1 aromatic heterocycles. The van der Waals surface area contributed by atoms with Gasteiger partial charge in [-0.05, 0) is 44.1 Å². The molecule has 2 amide bonds. The van der Waals surface area contributed by atoms with Gasteiger partial charge in [0.15, 0.2) is 3.95 Å². The number of H-pyrrole nitrogens is 1. The average Bonchev–Trinajstić information content (AvgIpc) is 2.87. The molecule has 1 atom stereocenters. The van der Waals surface area contributed by atoms with Crippen LogP contribution in [-0.4, -0.2) is 29.4 Å². The minimum Gasteiger partial charge on any atom is -0.344 e. The molecule has 25 heavy (non-hydrogen) atoms. The molecule has 0 spiro atoms. The molecule has 1 fully saturated rings. The summed E-state index contributed by atoms with van der Waals surface area (Å²) in [5.41, 5.74) is 1.12. The van der Waals surface area contributed by atoms with E-state index in [1.54, 1.807) is 18.2 Å². The van der Waals surface area contributed by atoms with Crippen LogP contribution in [0.5, 0.6) is 0 Å². The second-order valence-electron chi connectivity index (χ2n) is 5.94. The van der Waals surface area contributed by atoms with Crippen LogP contribution in [0.25, 0.3) is 0 Å². The Morgan fingerprint density at radius 2 is 2.24 bits per heavy atom. The molecule has 3 rings (SSSR count). The molecule has 0 aliphatic carbocycles. The molecule has 0 bridgehead atoms. The number of anilines is 1. The van der Waals surface area contributed by atoms with Crippen molar-refractivity contribution >= 4 is 41.1 Å². The topological polar surface area (TPSA) is 65.2 Å². The van der Waals surface area contributed by atoms with Crippen molar-refractivity contribution in [2.75, 3.05) is 11.4 Å². The van der Waals surface area contributed by atoms with E-state index in [9.17, 15) is 14.0 Å². The fraction of sp³-hybridized carbons (Fsp3) is 0.353. The summed E-state index contributed by atoms with van der Waals surface area (Å²) in [5.74, 6) is -0.948. The molecule has 0 saturated carbocycles. The van der Waals surface area contributed by atoms with Gasteiger partial charge in [-0.2, -0.15) is 0 Å². The van der Waals surface area contributed by atoms with Crippen LogP contribution >= 0.6 is 23.6 Å². The number of piperidine rings is 1. The highest BCUT2D eigenvalue weighted by molar-refractivity contribution is 7.73. The van der Waals surface area contributed by atoms with Crippen molar-refractivity contribution in [2.24, 2.45) is 0 Å². The summed E-state index contributed by atoms with van der Waals surface area (Å²) >= 11 is 6.43. The third kappa shape index (κ3) is 3.96. The zero-order valence-corrected chi connectivity index (χ0v) is 15.3. The first kappa shape index (κ1) is 17.8. The first-order valence-corrected chi connectivity index (χ1v) is 9.22. The van der Waals surface area contributed by atoms with Crippen molar-refractivity contribution in [1.82, 2.24) is 10.3 Å². The van der Waals surface area contributed by atoms with Gasteiger partial charge in [-0.25, -0.2) is 4.39 Å². The Hall–Kier alpha value is -2.06. The van der Waals surface area contributed by atoms with Gasteiger partial charge in [-0.3, -0.25) is 9.59 Å². The molecule has 2 N–H and O–H groups in total. The monoisotopic (exact) mass is 379 g/mol. The normalized spacial score (nSPS) is 17.6. The van der Waals surface area contributed by atoms with Gasteiger partial charge in [0.05, 0.1) is 12.1 Å². The number of hydrogen-bond acceptors (Lipinski definition) is 4. The summed E-state index contributed by atoms with van der Waals surface area (Å²) in [6, 6.07) is 5.55. The third-order valence-corrected chi connectivity index (χ3v) is 5.50. The predicted octanol–water partition coefficient (Wildman–Crippen LogP) is 3.11. The number of halogens is 1. The Morgan fingerprint density at radius 3 is 2.92 bits per heavy atom. The first-order chi connectivity index (χ1) is 12.0. The number of nitrogens with one attached hydrogen (secondary N) is 2. The number of para-hydroxylation sites is 1. The van der Waals surface area contributed by atoms with E-state index in [4.69, 9.17) is 12.2 Å². The Morgan fingerprint density at radius 1 is 1.48 bits per heavy atom. The number of aryl methyl sites for hydroxylation is 1. The van der Waals surface area contributed by atoms with Crippen LogP contribution < -0.4 is 10.2 Å². The molecular formula is C17H18FN3O2S2. The van der Waals surface area contributed by atoms with Crippen LogP contribution in [0.4, 0.5) is 10.1 Å². The zero-order valence-electron chi connectivity index (χ0n) is 13.7. The van der Waals surface area contributed by atoms with Gasteiger partial charge in [0.2, 0.25) is 11.8 Å². The number of nitrogens with zero attached hydrogens (tertiary/aromatic N) is 1. The molecule has 2 aromatic rings. The SMILES string of the molecule is Cc1[nH]c(=S)sc1CC(=O)NC1CCCN(c2ccccc2F)C1=O. The van der Waals surface area contributed by atoms with Crippen LogP contribution in [0, 0.1) is 16.7 Å². The van der Waals surface area contributed by atoms with Crippen LogP contribution in [0.1, 0.15) is 23.4 Å². The van der Waals surface area contributed by atoms with E-state index in [0.717, 1.165) is 10.6 Å². The van der Waals surface area contributed by atoms with Crippen molar-refractivity contribution in [3.63, 3.8) is 0 Å². The minimum atomic E-state index is -0.631. The molecule has 2 heterocycles. The molecule has 1 aromatic carbocycles. The summed E-state index contributed by atoms with van der Waals surface area (Å²) in [6.07, 6.45) is 1.43. The number of carbonyl (C=O) groups excluding carboxylic acids is 2. The van der Waals surface area contributed by atoms with Crippen molar-refractivity contribution in [3.05, 3.63) is 44.6 Å². The first-order valence-electron chi connectivity index (χ1n) is 7.99. The maximum atomic E-state index is 14.0. The quantitative estimate of drug-likeness (QED) is 0.803. The average molecular weight is 379 g/mol. The molecule has 8 heteroatoms. The lowest BCUT2D eigenvalue weighted by atomic mass is 10.0. The van der Waals surface area contributed by atoms with E-state index in [1.807, 2.05) is 6.92 Å². The van der Waals surface area contributed by atoms with Crippen molar-refractivity contribution in [3.8, 4) is 0 Å². The van der Waals surface area contributed by atoms with E-state index < -0.39 is 11.9 Å². The number of benzene rings is 1. The largest absolute Gasteiger partial charge is 0.344 e. The van der Waals surface area contributed by atoms with Gasteiger partial charge in [0, 0.05) is 17.1 Å². The number of aromatic amines is 1. The fourth-order valence-corrected chi connectivity index (χ4v) is 4.21. The summed E-state index contributed by atoms with van der Waals surface area (Å²) in [5, 5.41) is 2.78. The van der Waals surface area contributed by atoms with Crippen LogP contribution in [0.15, 0.2) is 24.3 Å². The number of hydrogen-bond donors (Lipinski definition) is 2. The molecule has 5 nitrogen and oxygen atoms in total. The Labute approximate surface area is 153 Å². The molecular weight excluding hydrogens is 361 g/mol. The van der Waals surface area contributed by atoms with E-state index in [-0.39, 0.29) is 23.9 Å². The molecule has 1 saturated heterocycles. The smallest absolute Gasteiger partial charge is 0.249 e. The van der Waals surface area contributed by atoms with Crippen molar-refractivity contribution < 1.29 is 14.0 Å². The third-order valence-electron chi connectivity index (χ3n) is 4.16. The molecule has 132 valence electrons. The van der Waals surface area contributed by atoms with E-state index in [2.05, 4.69) is 10.3 Å². The van der Waals surface area contributed by atoms with Crippen LogP contribution in [-0.2, 0) is 16.0 Å². The second-order valence-corrected chi connectivity index (χ2v) is 7.71. The van der Waals surface area contributed by atoms with E-state index in [1.165, 1.54) is 22.3 Å². The Kier molecular flexibility index (Phi) is 5.29.